The van der Waals surface area contributed by atoms with E-state index in [1.165, 1.54) is 59.3 Å². The SMILES string of the molecule is CO[C@H]1/C=C/O[C@@]2(C)Oc3c(C)c(O)c4c(c3C2=O)C(=O)CC(=NC(=O)/C(C)=C\C=C/[C@H](C)[C@H](O)[C@@H](C)[C@@H](O)[C@@H](C)[C@H](OC(C)=O)[C@@H]1C)C4=O. The molecular weight excluding hydrogens is 650 g/mol. The summed E-state index contributed by atoms with van der Waals surface area (Å²) in [7, 11) is 1.42. The third-order valence-corrected chi connectivity index (χ3v) is 9.87. The first kappa shape index (κ1) is 38.3. The average Bonchev–Trinajstić information content (AvgIpc) is 3.33. The van der Waals surface area contributed by atoms with E-state index in [0.717, 1.165) is 0 Å². The van der Waals surface area contributed by atoms with E-state index in [0.29, 0.717) is 0 Å². The number of nitrogens with zero attached hydrogens (tertiary/aromatic N) is 1. The molecule has 4 aliphatic rings. The number of aliphatic hydroxyl groups is 2. The number of amides is 1. The molecule has 0 saturated carbocycles. The van der Waals surface area contributed by atoms with Crippen LogP contribution in [0.25, 0.3) is 0 Å². The monoisotopic (exact) mass is 695 g/mol. The summed E-state index contributed by atoms with van der Waals surface area (Å²) < 4.78 is 23.1. The number of hydrogen-bond acceptors (Lipinski definition) is 12. The van der Waals surface area contributed by atoms with Crippen molar-refractivity contribution < 1.29 is 58.2 Å². The minimum Gasteiger partial charge on any atom is -0.507 e. The Morgan fingerprint density at radius 1 is 0.960 bits per heavy atom. The Balaban J connectivity index is 1.85. The minimum absolute atomic E-state index is 0.00885. The van der Waals surface area contributed by atoms with E-state index >= 15 is 0 Å². The van der Waals surface area contributed by atoms with Crippen LogP contribution in [0, 0.1) is 30.6 Å². The van der Waals surface area contributed by atoms with E-state index < -0.39 is 107 Å². The topological polar surface area (TPSA) is 195 Å². The van der Waals surface area contributed by atoms with Crippen LogP contribution in [0.3, 0.4) is 0 Å². The van der Waals surface area contributed by atoms with E-state index in [2.05, 4.69) is 4.99 Å². The standard InChI is InChI=1S/C37H45NO12/c1-16-11-10-12-17(2)36(46)38-23-15-24(40)26-27(32(23)44)31(43)21(6)34-28(26)35(45)37(8,50-34)48-14-13-25(47-9)18(3)33(49-22(7)39)20(5)30(42)19(4)29(16)41/h10-14,16,18-20,25,29-30,33,41-43H,15H2,1-9H3/b11-10-,14-13+,17-12-,38-23?/t16-,18+,19+,20+,25-,29-,30+,33+,37-/m0/s1. The number of aliphatic hydroxyl groups excluding tert-OH is 2. The molecule has 0 saturated heterocycles. The summed E-state index contributed by atoms with van der Waals surface area (Å²) >= 11 is 0. The van der Waals surface area contributed by atoms with E-state index in [1.807, 2.05) is 0 Å². The van der Waals surface area contributed by atoms with E-state index in [1.54, 1.807) is 33.8 Å². The Kier molecular flexibility index (Phi) is 11.3. The van der Waals surface area contributed by atoms with Crippen molar-refractivity contribution in [3.05, 3.63) is 58.4 Å². The second-order valence-corrected chi connectivity index (χ2v) is 13.5. The largest absolute Gasteiger partial charge is 0.507 e. The lowest BCUT2D eigenvalue weighted by atomic mass is 9.78. The van der Waals surface area contributed by atoms with Gasteiger partial charge in [0, 0.05) is 61.3 Å². The molecule has 1 aromatic carbocycles. The molecule has 3 aliphatic heterocycles. The Bertz CT molecular complexity index is 1720. The zero-order chi connectivity index (χ0) is 37.4. The maximum atomic E-state index is 13.9. The number of Topliss-reactive ketones (excluding diaryl/α,β-unsaturated/α-hetero) is 3. The molecule has 13 nitrogen and oxygen atoms in total. The summed E-state index contributed by atoms with van der Waals surface area (Å²) in [5, 5.41) is 33.6. The molecule has 50 heavy (non-hydrogen) atoms. The number of carbonyl (C=O) groups is 5. The number of ether oxygens (including phenoxy) is 4. The number of methoxy groups -OCH3 is 1. The number of esters is 1. The van der Waals surface area contributed by atoms with Gasteiger partial charge in [-0.05, 0) is 19.9 Å². The molecule has 3 heterocycles. The number of rotatable bonds is 2. The maximum Gasteiger partial charge on any atom is 0.312 e. The van der Waals surface area contributed by atoms with E-state index in [4.69, 9.17) is 18.9 Å². The Labute approximate surface area is 290 Å². The molecule has 5 rings (SSSR count). The van der Waals surface area contributed by atoms with Gasteiger partial charge < -0.3 is 34.3 Å². The van der Waals surface area contributed by atoms with Crippen molar-refractivity contribution in [1.29, 1.82) is 0 Å². The molecule has 0 spiro atoms. The molecule has 0 aromatic heterocycles. The van der Waals surface area contributed by atoms with E-state index in [9.17, 15) is 39.3 Å². The van der Waals surface area contributed by atoms with Crippen molar-refractivity contribution in [2.24, 2.45) is 28.7 Å². The lowest BCUT2D eigenvalue weighted by Crippen LogP contribution is -2.46. The van der Waals surface area contributed by atoms with Gasteiger partial charge in [0.1, 0.15) is 23.3 Å². The highest BCUT2D eigenvalue weighted by molar-refractivity contribution is 6.55. The molecule has 270 valence electrons. The van der Waals surface area contributed by atoms with Crippen LogP contribution in [-0.4, -0.2) is 87.6 Å². The van der Waals surface area contributed by atoms with Crippen molar-refractivity contribution in [2.75, 3.05) is 7.11 Å². The van der Waals surface area contributed by atoms with Crippen molar-refractivity contribution in [3.8, 4) is 11.5 Å². The average molecular weight is 696 g/mol. The van der Waals surface area contributed by atoms with Crippen LogP contribution in [-0.2, 0) is 23.8 Å². The van der Waals surface area contributed by atoms with Crippen LogP contribution in [0.15, 0.2) is 41.1 Å². The summed E-state index contributed by atoms with van der Waals surface area (Å²) in [6.45, 7) is 12.3. The molecule has 5 bridgehead atoms. The fourth-order valence-electron chi connectivity index (χ4n) is 6.70. The molecule has 1 amide bonds. The van der Waals surface area contributed by atoms with Gasteiger partial charge in [0.05, 0.1) is 42.1 Å². The number of ketones is 3. The van der Waals surface area contributed by atoms with Gasteiger partial charge in [0.15, 0.2) is 5.78 Å². The predicted octanol–water partition coefficient (Wildman–Crippen LogP) is 3.99. The van der Waals surface area contributed by atoms with Gasteiger partial charge in [-0.3, -0.25) is 24.0 Å². The highest BCUT2D eigenvalue weighted by atomic mass is 16.7. The zero-order valence-electron chi connectivity index (χ0n) is 29.7. The summed E-state index contributed by atoms with van der Waals surface area (Å²) in [6, 6.07) is 0. The third kappa shape index (κ3) is 7.07. The second-order valence-electron chi connectivity index (χ2n) is 13.5. The molecule has 9 atom stereocenters. The number of phenolic OH excluding ortho intramolecular Hbond substituents is 1. The van der Waals surface area contributed by atoms with Crippen molar-refractivity contribution in [1.82, 2.24) is 0 Å². The van der Waals surface area contributed by atoms with Gasteiger partial charge >= 0.3 is 11.8 Å². The summed E-state index contributed by atoms with van der Waals surface area (Å²) in [4.78, 5) is 70.1. The fourth-order valence-corrected chi connectivity index (χ4v) is 6.70. The number of aliphatic imine (C=N–C) groups is 1. The quantitative estimate of drug-likeness (QED) is 0.377. The summed E-state index contributed by atoms with van der Waals surface area (Å²) in [5.41, 5.74) is -1.29. The number of carbonyl (C=O) groups excluding carboxylic acids is 5. The highest BCUT2D eigenvalue weighted by Gasteiger charge is 2.52. The molecule has 13 heteroatoms. The van der Waals surface area contributed by atoms with Crippen molar-refractivity contribution in [3.63, 3.8) is 0 Å². The van der Waals surface area contributed by atoms with E-state index in [-0.39, 0.29) is 28.0 Å². The molecule has 0 radical (unpaired) electrons. The van der Waals surface area contributed by atoms with Crippen LogP contribution in [0.1, 0.15) is 91.5 Å². The summed E-state index contributed by atoms with van der Waals surface area (Å²) in [6.07, 6.45) is 2.80. The lowest BCUT2D eigenvalue weighted by Gasteiger charge is -2.38. The van der Waals surface area contributed by atoms with Crippen LogP contribution in [0.5, 0.6) is 11.5 Å². The van der Waals surface area contributed by atoms with Gasteiger partial charge in [-0.25, -0.2) is 4.99 Å². The first-order valence-corrected chi connectivity index (χ1v) is 16.4. The third-order valence-electron chi connectivity index (χ3n) is 9.87. The normalized spacial score (nSPS) is 34.6. The molecule has 3 N–H and O–H groups in total. The van der Waals surface area contributed by atoms with Crippen molar-refractivity contribution in [2.45, 2.75) is 92.0 Å². The Morgan fingerprint density at radius 2 is 1.62 bits per heavy atom. The lowest BCUT2D eigenvalue weighted by molar-refractivity contribution is -0.160. The molecule has 1 aromatic rings. The number of allylic oxidation sites excluding steroid dienone is 2. The van der Waals surface area contributed by atoms with Gasteiger partial charge in [-0.2, -0.15) is 0 Å². The van der Waals surface area contributed by atoms with Crippen LogP contribution >= 0.6 is 0 Å². The molecule has 0 unspecified atom stereocenters. The van der Waals surface area contributed by atoms with Crippen LogP contribution in [0.2, 0.25) is 0 Å². The molecule has 1 aliphatic carbocycles. The predicted molar refractivity (Wildman–Crippen MR) is 180 cm³/mol. The number of fused-ring (bicyclic) bond motifs is 14. The number of hydrogen-bond donors (Lipinski definition) is 3. The number of benzene rings is 1. The first-order chi connectivity index (χ1) is 23.4. The smallest absolute Gasteiger partial charge is 0.312 e. The zero-order valence-corrected chi connectivity index (χ0v) is 29.7. The molecule has 0 fully saturated rings. The Hall–Kier alpha value is -4.46. The van der Waals surface area contributed by atoms with Crippen molar-refractivity contribution >= 4 is 34.9 Å². The van der Waals surface area contributed by atoms with Gasteiger partial charge in [0.2, 0.25) is 5.78 Å². The second kappa shape index (κ2) is 14.8. The highest BCUT2D eigenvalue weighted by Crippen LogP contribution is 2.48. The van der Waals surface area contributed by atoms with Crippen LogP contribution < -0.4 is 4.74 Å². The Morgan fingerprint density at radius 3 is 2.24 bits per heavy atom. The summed E-state index contributed by atoms with van der Waals surface area (Å²) in [5.74, 6) is -8.97. The maximum absolute atomic E-state index is 13.9. The number of aromatic hydroxyl groups is 1. The molecular formula is C37H45NO12. The van der Waals surface area contributed by atoms with Crippen LogP contribution in [0.4, 0.5) is 0 Å². The van der Waals surface area contributed by atoms with Gasteiger partial charge in [-0.1, -0.05) is 45.9 Å². The first-order valence-electron chi connectivity index (χ1n) is 16.4. The fraction of sp³-hybridized carbons (Fsp3) is 0.514. The number of phenols is 1. The van der Waals surface area contributed by atoms with Gasteiger partial charge in [0.25, 0.3) is 11.7 Å². The van der Waals surface area contributed by atoms with Gasteiger partial charge in [-0.15, -0.1) is 0 Å². The minimum atomic E-state index is -2.02.